The van der Waals surface area contributed by atoms with Gasteiger partial charge in [0.25, 0.3) is 0 Å². The van der Waals surface area contributed by atoms with Gasteiger partial charge in [-0.25, -0.2) is 4.39 Å². The highest BCUT2D eigenvalue weighted by molar-refractivity contribution is 9.10. The molecule has 3 N–H and O–H groups in total. The smallest absolute Gasteiger partial charge is 0.128 e. The number of piperidine rings is 1. The van der Waals surface area contributed by atoms with Gasteiger partial charge in [-0.2, -0.15) is 0 Å². The van der Waals surface area contributed by atoms with Crippen molar-refractivity contribution in [2.45, 2.75) is 19.4 Å². The van der Waals surface area contributed by atoms with Crippen molar-refractivity contribution in [3.05, 3.63) is 34.1 Å². The molecule has 0 atom stereocenters. The number of likely N-dealkylation sites (tertiary alicyclic amines) is 1. The van der Waals surface area contributed by atoms with Gasteiger partial charge in [-0.05, 0) is 38.1 Å². The Bertz CT molecular complexity index is 442. The summed E-state index contributed by atoms with van der Waals surface area (Å²) in [4.78, 5) is 2.21. The summed E-state index contributed by atoms with van der Waals surface area (Å²) in [6, 6.07) is 5.18. The molecule has 18 heavy (non-hydrogen) atoms. The molecule has 0 aromatic heterocycles. The number of halogens is 2. The summed E-state index contributed by atoms with van der Waals surface area (Å²) >= 11 is 3.25. The molecular weight excluding hydrogens is 297 g/mol. The van der Waals surface area contributed by atoms with Crippen LogP contribution in [0.15, 0.2) is 22.7 Å². The van der Waals surface area contributed by atoms with E-state index in [9.17, 15) is 4.39 Å². The monoisotopic (exact) mass is 313 g/mol. The quantitative estimate of drug-likeness (QED) is 0.666. The number of hydrogen-bond acceptors (Lipinski definition) is 2. The van der Waals surface area contributed by atoms with Crippen LogP contribution in [0.1, 0.15) is 18.4 Å². The summed E-state index contributed by atoms with van der Waals surface area (Å²) in [7, 11) is 0. The highest BCUT2D eigenvalue weighted by Gasteiger charge is 2.21. The molecule has 1 aliphatic rings. The minimum Gasteiger partial charge on any atom is -0.387 e. The number of amidine groups is 1. The normalized spacial score (nSPS) is 17.9. The topological polar surface area (TPSA) is 53.1 Å². The largest absolute Gasteiger partial charge is 0.387 e. The van der Waals surface area contributed by atoms with Crippen molar-refractivity contribution in [2.75, 3.05) is 13.1 Å². The molecule has 0 saturated carbocycles. The molecule has 1 fully saturated rings. The number of benzene rings is 1. The Hall–Kier alpha value is -0.940. The minimum absolute atomic E-state index is 0.168. The maximum Gasteiger partial charge on any atom is 0.128 e. The first kappa shape index (κ1) is 13.5. The predicted octanol–water partition coefficient (Wildman–Crippen LogP) is 2.74. The molecular formula is C13H17BrFN3. The standard InChI is InChI=1S/C13H17BrFN3/c14-11-2-1-10(12(15)7-11)8-18-5-3-9(4-6-18)13(16)17/h1-2,7,9H,3-6,8H2,(H3,16,17). The van der Waals surface area contributed by atoms with Gasteiger partial charge < -0.3 is 5.73 Å². The van der Waals surface area contributed by atoms with E-state index in [1.807, 2.05) is 12.1 Å². The fourth-order valence-corrected chi connectivity index (χ4v) is 2.63. The predicted molar refractivity (Wildman–Crippen MR) is 74.0 cm³/mol. The van der Waals surface area contributed by atoms with Gasteiger partial charge in [0.2, 0.25) is 0 Å². The van der Waals surface area contributed by atoms with Gasteiger partial charge in [-0.15, -0.1) is 0 Å². The Balaban J connectivity index is 1.93. The van der Waals surface area contributed by atoms with Crippen LogP contribution in [0.2, 0.25) is 0 Å². The molecule has 0 spiro atoms. The third-order valence-electron chi connectivity index (χ3n) is 3.44. The van der Waals surface area contributed by atoms with Crippen molar-refractivity contribution in [1.29, 1.82) is 5.41 Å². The molecule has 98 valence electrons. The van der Waals surface area contributed by atoms with E-state index in [2.05, 4.69) is 20.8 Å². The molecule has 1 heterocycles. The highest BCUT2D eigenvalue weighted by Crippen LogP contribution is 2.21. The lowest BCUT2D eigenvalue weighted by Gasteiger charge is -2.31. The van der Waals surface area contributed by atoms with Crippen LogP contribution in [-0.2, 0) is 6.54 Å². The van der Waals surface area contributed by atoms with Crippen LogP contribution >= 0.6 is 15.9 Å². The SMILES string of the molecule is N=C(N)C1CCN(Cc2ccc(Br)cc2F)CC1. The first-order valence-electron chi connectivity index (χ1n) is 6.06. The second kappa shape index (κ2) is 5.80. The Kier molecular flexibility index (Phi) is 4.35. The molecule has 0 unspecified atom stereocenters. The van der Waals surface area contributed by atoms with Crippen molar-refractivity contribution >= 4 is 21.8 Å². The van der Waals surface area contributed by atoms with E-state index in [4.69, 9.17) is 11.1 Å². The molecule has 1 saturated heterocycles. The van der Waals surface area contributed by atoms with Crippen LogP contribution in [0.4, 0.5) is 4.39 Å². The molecule has 0 bridgehead atoms. The zero-order chi connectivity index (χ0) is 13.1. The minimum atomic E-state index is -0.168. The Labute approximate surface area is 115 Å². The van der Waals surface area contributed by atoms with Crippen molar-refractivity contribution in [3.63, 3.8) is 0 Å². The fourth-order valence-electron chi connectivity index (χ4n) is 2.29. The lowest BCUT2D eigenvalue weighted by atomic mass is 9.95. The van der Waals surface area contributed by atoms with Crippen LogP contribution in [0.25, 0.3) is 0 Å². The van der Waals surface area contributed by atoms with E-state index in [-0.39, 0.29) is 17.6 Å². The first-order chi connectivity index (χ1) is 8.56. The molecule has 2 rings (SSSR count). The Morgan fingerprint density at radius 3 is 2.67 bits per heavy atom. The Morgan fingerprint density at radius 1 is 1.44 bits per heavy atom. The molecule has 3 nitrogen and oxygen atoms in total. The van der Waals surface area contributed by atoms with Crippen LogP contribution < -0.4 is 5.73 Å². The van der Waals surface area contributed by atoms with Gasteiger partial charge in [0.1, 0.15) is 5.82 Å². The summed E-state index contributed by atoms with van der Waals surface area (Å²) in [6.45, 7) is 2.38. The van der Waals surface area contributed by atoms with E-state index in [1.165, 1.54) is 6.07 Å². The average Bonchev–Trinajstić information content (AvgIpc) is 2.33. The van der Waals surface area contributed by atoms with Gasteiger partial charge in [0.15, 0.2) is 0 Å². The summed E-state index contributed by atoms with van der Waals surface area (Å²) in [6.07, 6.45) is 1.79. The molecule has 0 radical (unpaired) electrons. The molecule has 0 aliphatic carbocycles. The summed E-state index contributed by atoms with van der Waals surface area (Å²) in [5.74, 6) is 0.318. The van der Waals surface area contributed by atoms with Crippen molar-refractivity contribution in [1.82, 2.24) is 4.90 Å². The zero-order valence-corrected chi connectivity index (χ0v) is 11.7. The molecule has 1 aromatic rings. The first-order valence-corrected chi connectivity index (χ1v) is 6.86. The molecule has 0 amide bonds. The van der Waals surface area contributed by atoms with Gasteiger partial charge in [-0.1, -0.05) is 22.0 Å². The summed E-state index contributed by atoms with van der Waals surface area (Å²) in [5.41, 5.74) is 6.23. The van der Waals surface area contributed by atoms with E-state index in [0.29, 0.717) is 6.54 Å². The zero-order valence-electron chi connectivity index (χ0n) is 10.1. The fraction of sp³-hybridized carbons (Fsp3) is 0.462. The highest BCUT2D eigenvalue weighted by atomic mass is 79.9. The number of nitrogens with zero attached hydrogens (tertiary/aromatic N) is 1. The van der Waals surface area contributed by atoms with Gasteiger partial charge in [0.05, 0.1) is 5.84 Å². The van der Waals surface area contributed by atoms with Crippen molar-refractivity contribution in [3.8, 4) is 0 Å². The molecule has 5 heteroatoms. The van der Waals surface area contributed by atoms with Crippen LogP contribution in [0.3, 0.4) is 0 Å². The van der Waals surface area contributed by atoms with E-state index in [1.54, 1.807) is 0 Å². The third kappa shape index (κ3) is 3.29. The van der Waals surface area contributed by atoms with Crippen LogP contribution in [0.5, 0.6) is 0 Å². The number of nitrogens with two attached hydrogens (primary N) is 1. The average molecular weight is 314 g/mol. The lowest BCUT2D eigenvalue weighted by Crippen LogP contribution is -2.38. The van der Waals surface area contributed by atoms with Crippen LogP contribution in [0, 0.1) is 17.1 Å². The third-order valence-corrected chi connectivity index (χ3v) is 3.93. The number of rotatable bonds is 3. The van der Waals surface area contributed by atoms with Crippen LogP contribution in [-0.4, -0.2) is 23.8 Å². The van der Waals surface area contributed by atoms with Gasteiger partial charge in [0, 0.05) is 22.5 Å². The van der Waals surface area contributed by atoms with E-state index in [0.717, 1.165) is 36.0 Å². The molecule has 1 aromatic carbocycles. The number of nitrogens with one attached hydrogen (secondary N) is 1. The van der Waals surface area contributed by atoms with E-state index >= 15 is 0 Å². The maximum atomic E-state index is 13.7. The summed E-state index contributed by atoms with van der Waals surface area (Å²) < 4.78 is 14.5. The lowest BCUT2D eigenvalue weighted by molar-refractivity contribution is 0.199. The van der Waals surface area contributed by atoms with Crippen molar-refractivity contribution in [2.24, 2.45) is 11.7 Å². The Morgan fingerprint density at radius 2 is 2.11 bits per heavy atom. The van der Waals surface area contributed by atoms with Crippen molar-refractivity contribution < 1.29 is 4.39 Å². The summed E-state index contributed by atoms with van der Waals surface area (Å²) in [5, 5.41) is 7.43. The molecule has 1 aliphatic heterocycles. The second-order valence-corrected chi connectivity index (χ2v) is 5.66. The van der Waals surface area contributed by atoms with E-state index < -0.39 is 0 Å². The van der Waals surface area contributed by atoms with Gasteiger partial charge >= 0.3 is 0 Å². The maximum absolute atomic E-state index is 13.7. The number of hydrogen-bond donors (Lipinski definition) is 2. The van der Waals surface area contributed by atoms with Gasteiger partial charge in [-0.3, -0.25) is 10.3 Å². The second-order valence-electron chi connectivity index (χ2n) is 4.74.